The van der Waals surface area contributed by atoms with E-state index in [4.69, 9.17) is 9.47 Å². The Morgan fingerprint density at radius 2 is 2.00 bits per heavy atom. The maximum Gasteiger partial charge on any atom is 0.223 e. The fourth-order valence-electron chi connectivity index (χ4n) is 1.89. The first-order valence-electron chi connectivity index (χ1n) is 6.94. The van der Waals surface area contributed by atoms with Crippen molar-refractivity contribution in [1.82, 2.24) is 9.97 Å². The lowest BCUT2D eigenvalue weighted by Gasteiger charge is -2.13. The lowest BCUT2D eigenvalue weighted by molar-refractivity contribution is 0.146. The van der Waals surface area contributed by atoms with Crippen molar-refractivity contribution in [3.8, 4) is 5.75 Å². The van der Waals surface area contributed by atoms with E-state index in [0.717, 1.165) is 22.6 Å². The summed E-state index contributed by atoms with van der Waals surface area (Å²) in [6, 6.07) is 8.03. The minimum absolute atomic E-state index is 0.536. The molecule has 0 saturated carbocycles. The second-order valence-electron chi connectivity index (χ2n) is 4.83. The van der Waals surface area contributed by atoms with Gasteiger partial charge in [0, 0.05) is 31.1 Å². The molecule has 0 saturated heterocycles. The van der Waals surface area contributed by atoms with Crippen LogP contribution in [0.1, 0.15) is 16.8 Å². The molecule has 112 valence electrons. The summed E-state index contributed by atoms with van der Waals surface area (Å²) in [5.74, 6) is 1.49. The highest BCUT2D eigenvalue weighted by Crippen LogP contribution is 2.21. The van der Waals surface area contributed by atoms with Gasteiger partial charge in [-0.3, -0.25) is 0 Å². The summed E-state index contributed by atoms with van der Waals surface area (Å²) in [5.41, 5.74) is 3.17. The van der Waals surface area contributed by atoms with Gasteiger partial charge in [0.05, 0.1) is 6.61 Å². The van der Waals surface area contributed by atoms with Crippen molar-refractivity contribution in [3.05, 3.63) is 47.3 Å². The van der Waals surface area contributed by atoms with Crippen LogP contribution in [0.4, 0.5) is 5.95 Å². The van der Waals surface area contributed by atoms with Gasteiger partial charge in [-0.1, -0.05) is 12.1 Å². The van der Waals surface area contributed by atoms with E-state index in [1.165, 1.54) is 0 Å². The number of nitrogens with one attached hydrogen (secondary N) is 1. The zero-order valence-electron chi connectivity index (χ0n) is 12.7. The Labute approximate surface area is 125 Å². The molecular formula is C16H21N3O2. The molecule has 0 aliphatic carbocycles. The van der Waals surface area contributed by atoms with E-state index in [2.05, 4.69) is 27.4 Å². The van der Waals surface area contributed by atoms with Gasteiger partial charge < -0.3 is 14.8 Å². The van der Waals surface area contributed by atoms with Crippen molar-refractivity contribution >= 4 is 5.95 Å². The van der Waals surface area contributed by atoms with Crippen LogP contribution < -0.4 is 10.1 Å². The SMILES string of the molecule is COCCOc1cc(C)ccc1CNc1nccc(C)n1. The Morgan fingerprint density at radius 3 is 2.76 bits per heavy atom. The molecule has 0 aliphatic rings. The summed E-state index contributed by atoms with van der Waals surface area (Å²) in [5, 5.41) is 3.22. The summed E-state index contributed by atoms with van der Waals surface area (Å²) in [4.78, 5) is 8.52. The molecule has 1 aromatic heterocycles. The predicted molar refractivity (Wildman–Crippen MR) is 82.6 cm³/mol. The number of nitrogens with zero attached hydrogens (tertiary/aromatic N) is 2. The molecule has 0 fully saturated rings. The van der Waals surface area contributed by atoms with E-state index in [1.807, 2.05) is 26.0 Å². The van der Waals surface area contributed by atoms with Crippen molar-refractivity contribution in [2.75, 3.05) is 25.6 Å². The van der Waals surface area contributed by atoms with Crippen molar-refractivity contribution in [2.24, 2.45) is 0 Å². The molecule has 0 aliphatic heterocycles. The Morgan fingerprint density at radius 1 is 1.14 bits per heavy atom. The highest BCUT2D eigenvalue weighted by Gasteiger charge is 2.05. The van der Waals surface area contributed by atoms with Crippen LogP contribution >= 0.6 is 0 Å². The maximum atomic E-state index is 5.76. The number of benzene rings is 1. The first kappa shape index (κ1) is 15.3. The smallest absolute Gasteiger partial charge is 0.223 e. The Bertz CT molecular complexity index is 587. The number of aromatic nitrogens is 2. The number of hydrogen-bond donors (Lipinski definition) is 1. The van der Waals surface area contributed by atoms with Crippen LogP contribution in [0.15, 0.2) is 30.5 Å². The fourth-order valence-corrected chi connectivity index (χ4v) is 1.89. The Kier molecular flexibility index (Phi) is 5.51. The number of methoxy groups -OCH3 is 1. The third kappa shape index (κ3) is 4.72. The van der Waals surface area contributed by atoms with Crippen LogP contribution in [0.2, 0.25) is 0 Å². The Hall–Kier alpha value is -2.14. The van der Waals surface area contributed by atoms with E-state index >= 15 is 0 Å². The van der Waals surface area contributed by atoms with Gasteiger partial charge in [0.25, 0.3) is 0 Å². The molecule has 0 amide bonds. The lowest BCUT2D eigenvalue weighted by atomic mass is 10.1. The zero-order chi connectivity index (χ0) is 15.1. The average molecular weight is 287 g/mol. The minimum atomic E-state index is 0.536. The van der Waals surface area contributed by atoms with E-state index in [1.54, 1.807) is 13.3 Å². The van der Waals surface area contributed by atoms with Gasteiger partial charge in [0.2, 0.25) is 5.95 Å². The number of rotatable bonds is 7. The van der Waals surface area contributed by atoms with E-state index in [-0.39, 0.29) is 0 Å². The average Bonchev–Trinajstić information content (AvgIpc) is 2.47. The van der Waals surface area contributed by atoms with Crippen LogP contribution in [0.3, 0.4) is 0 Å². The van der Waals surface area contributed by atoms with Crippen LogP contribution in [0, 0.1) is 13.8 Å². The van der Waals surface area contributed by atoms with E-state index < -0.39 is 0 Å². The molecular weight excluding hydrogens is 266 g/mol. The minimum Gasteiger partial charge on any atom is -0.491 e. The third-order valence-corrected chi connectivity index (χ3v) is 3.00. The first-order valence-corrected chi connectivity index (χ1v) is 6.94. The molecule has 0 unspecified atom stereocenters. The largest absolute Gasteiger partial charge is 0.491 e. The van der Waals surface area contributed by atoms with Crippen molar-refractivity contribution in [3.63, 3.8) is 0 Å². The second kappa shape index (κ2) is 7.59. The highest BCUT2D eigenvalue weighted by molar-refractivity contribution is 5.39. The summed E-state index contributed by atoms with van der Waals surface area (Å²) in [6.45, 7) is 5.71. The third-order valence-electron chi connectivity index (χ3n) is 3.00. The molecule has 5 heteroatoms. The van der Waals surface area contributed by atoms with Crippen molar-refractivity contribution in [2.45, 2.75) is 20.4 Å². The first-order chi connectivity index (χ1) is 10.2. The van der Waals surface area contributed by atoms with Gasteiger partial charge in [-0.25, -0.2) is 9.97 Å². The van der Waals surface area contributed by atoms with Gasteiger partial charge in [0.1, 0.15) is 12.4 Å². The topological polar surface area (TPSA) is 56.3 Å². The normalized spacial score (nSPS) is 10.4. The summed E-state index contributed by atoms with van der Waals surface area (Å²) < 4.78 is 10.8. The highest BCUT2D eigenvalue weighted by atomic mass is 16.5. The van der Waals surface area contributed by atoms with Gasteiger partial charge in [-0.05, 0) is 31.5 Å². The molecule has 0 spiro atoms. The van der Waals surface area contributed by atoms with Gasteiger partial charge >= 0.3 is 0 Å². The summed E-state index contributed by atoms with van der Waals surface area (Å²) in [6.07, 6.45) is 1.75. The quantitative estimate of drug-likeness (QED) is 0.794. The standard InChI is InChI=1S/C16H21N3O2/c1-12-4-5-14(15(10-12)21-9-8-20-3)11-18-16-17-7-6-13(2)19-16/h4-7,10H,8-9,11H2,1-3H3,(H,17,18,19). The van der Waals surface area contributed by atoms with Crippen LogP contribution in [0.25, 0.3) is 0 Å². The zero-order valence-corrected chi connectivity index (χ0v) is 12.7. The molecule has 0 radical (unpaired) electrons. The molecule has 21 heavy (non-hydrogen) atoms. The van der Waals surface area contributed by atoms with E-state index in [9.17, 15) is 0 Å². The monoisotopic (exact) mass is 287 g/mol. The van der Waals surface area contributed by atoms with Crippen molar-refractivity contribution in [1.29, 1.82) is 0 Å². The van der Waals surface area contributed by atoms with Gasteiger partial charge in [-0.2, -0.15) is 0 Å². The molecule has 1 heterocycles. The van der Waals surface area contributed by atoms with Crippen LogP contribution in [-0.4, -0.2) is 30.3 Å². The number of ether oxygens (including phenoxy) is 2. The predicted octanol–water partition coefficient (Wildman–Crippen LogP) is 2.73. The number of hydrogen-bond acceptors (Lipinski definition) is 5. The molecule has 2 aromatic rings. The summed E-state index contributed by atoms with van der Waals surface area (Å²) >= 11 is 0. The molecule has 2 rings (SSSR count). The molecule has 0 bridgehead atoms. The van der Waals surface area contributed by atoms with Crippen LogP contribution in [-0.2, 0) is 11.3 Å². The molecule has 0 atom stereocenters. The molecule has 1 N–H and O–H groups in total. The number of anilines is 1. The number of aryl methyl sites for hydroxylation is 2. The summed E-state index contributed by atoms with van der Waals surface area (Å²) in [7, 11) is 1.66. The van der Waals surface area contributed by atoms with Gasteiger partial charge in [-0.15, -0.1) is 0 Å². The van der Waals surface area contributed by atoms with Crippen LogP contribution in [0.5, 0.6) is 5.75 Å². The Balaban J connectivity index is 2.04. The molecule has 1 aromatic carbocycles. The van der Waals surface area contributed by atoms with Crippen molar-refractivity contribution < 1.29 is 9.47 Å². The van der Waals surface area contributed by atoms with E-state index in [0.29, 0.717) is 25.7 Å². The maximum absolute atomic E-state index is 5.76. The lowest BCUT2D eigenvalue weighted by Crippen LogP contribution is -2.09. The van der Waals surface area contributed by atoms with Gasteiger partial charge in [0.15, 0.2) is 0 Å². The fraction of sp³-hybridized carbons (Fsp3) is 0.375. The molecule has 5 nitrogen and oxygen atoms in total. The second-order valence-corrected chi connectivity index (χ2v) is 4.83.